The molecule has 0 radical (unpaired) electrons. The number of amides is 2. The number of nitrogens with one attached hydrogen (secondary N) is 1. The van der Waals surface area contributed by atoms with Crippen LogP contribution in [0.1, 0.15) is 29.9 Å². The predicted octanol–water partition coefficient (Wildman–Crippen LogP) is 6.63. The van der Waals surface area contributed by atoms with Crippen LogP contribution in [0.4, 0.5) is 14.9 Å². The summed E-state index contributed by atoms with van der Waals surface area (Å²) in [6.45, 7) is 4.00. The first-order valence-electron chi connectivity index (χ1n) is 12.4. The van der Waals surface area contributed by atoms with Crippen molar-refractivity contribution in [2.45, 2.75) is 26.4 Å². The number of aromatic nitrogens is 2. The van der Waals surface area contributed by atoms with E-state index in [1.165, 1.54) is 16.7 Å². The average Bonchev–Trinajstić information content (AvgIpc) is 2.92. The molecule has 0 spiro atoms. The lowest BCUT2D eigenvalue weighted by Gasteiger charge is -2.31. The summed E-state index contributed by atoms with van der Waals surface area (Å²) in [5.41, 5.74) is 2.72. The maximum atomic E-state index is 15.1. The molecule has 38 heavy (non-hydrogen) atoms. The van der Waals surface area contributed by atoms with Gasteiger partial charge in [-0.2, -0.15) is 0 Å². The summed E-state index contributed by atoms with van der Waals surface area (Å²) in [6, 6.07) is 29.1. The van der Waals surface area contributed by atoms with Crippen molar-refractivity contribution in [1.82, 2.24) is 14.5 Å². The molecule has 0 saturated carbocycles. The number of para-hydroxylation sites is 2. The third kappa shape index (κ3) is 5.04. The Bertz CT molecular complexity index is 1670. The Morgan fingerprint density at radius 3 is 2.42 bits per heavy atom. The first-order valence-corrected chi connectivity index (χ1v) is 12.4. The van der Waals surface area contributed by atoms with Gasteiger partial charge in [-0.05, 0) is 61.4 Å². The van der Waals surface area contributed by atoms with Gasteiger partial charge in [-0.25, -0.2) is 14.2 Å². The summed E-state index contributed by atoms with van der Waals surface area (Å²) in [5.74, 6) is -0.298. The number of halogens is 1. The fourth-order valence-electron chi connectivity index (χ4n) is 4.52. The first kappa shape index (κ1) is 24.9. The van der Waals surface area contributed by atoms with Crippen LogP contribution in [0.2, 0.25) is 0 Å². The monoisotopic (exact) mass is 506 g/mol. The Labute approximate surface area is 220 Å². The van der Waals surface area contributed by atoms with Crippen LogP contribution in [0, 0.1) is 12.7 Å². The predicted molar refractivity (Wildman–Crippen MR) is 148 cm³/mol. The molecule has 0 aliphatic rings. The molecule has 0 aliphatic carbocycles. The normalized spacial score (nSPS) is 11.8. The van der Waals surface area contributed by atoms with E-state index in [1.54, 1.807) is 48.2 Å². The van der Waals surface area contributed by atoms with Gasteiger partial charge in [-0.3, -0.25) is 9.36 Å². The van der Waals surface area contributed by atoms with E-state index in [-0.39, 0.29) is 24.1 Å². The lowest BCUT2D eigenvalue weighted by molar-refractivity contribution is 0.185. The molecule has 6 nitrogen and oxygen atoms in total. The number of hydrogen-bond acceptors (Lipinski definition) is 3. The fourth-order valence-corrected chi connectivity index (χ4v) is 4.52. The van der Waals surface area contributed by atoms with Gasteiger partial charge in [0.15, 0.2) is 0 Å². The molecule has 190 valence electrons. The summed E-state index contributed by atoms with van der Waals surface area (Å²) in [5, 5.41) is 3.34. The van der Waals surface area contributed by atoms with Crippen molar-refractivity contribution >= 4 is 22.6 Å². The summed E-state index contributed by atoms with van der Waals surface area (Å²) in [7, 11) is 0. The van der Waals surface area contributed by atoms with E-state index in [1.807, 2.05) is 61.5 Å². The smallest absolute Gasteiger partial charge is 0.310 e. The van der Waals surface area contributed by atoms with Crippen molar-refractivity contribution in [2.75, 3.05) is 5.32 Å². The lowest BCUT2D eigenvalue weighted by Crippen LogP contribution is -2.39. The van der Waals surface area contributed by atoms with Crippen molar-refractivity contribution in [3.8, 4) is 5.69 Å². The lowest BCUT2D eigenvalue weighted by atomic mass is 10.1. The molecule has 5 rings (SSSR count). The molecule has 0 bridgehead atoms. The highest BCUT2D eigenvalue weighted by molar-refractivity contribution is 5.89. The summed E-state index contributed by atoms with van der Waals surface area (Å²) in [6.07, 6.45) is 0. The van der Waals surface area contributed by atoms with Crippen LogP contribution < -0.4 is 10.9 Å². The van der Waals surface area contributed by atoms with Crippen molar-refractivity contribution in [1.29, 1.82) is 0 Å². The van der Waals surface area contributed by atoms with E-state index in [0.717, 1.165) is 11.1 Å². The second kappa shape index (κ2) is 10.7. The zero-order chi connectivity index (χ0) is 26.6. The molecular weight excluding hydrogens is 479 g/mol. The van der Waals surface area contributed by atoms with E-state index in [4.69, 9.17) is 4.98 Å². The minimum absolute atomic E-state index is 0.0800. The Hall–Kier alpha value is -4.78. The van der Waals surface area contributed by atoms with Crippen LogP contribution in [-0.2, 0) is 6.54 Å². The van der Waals surface area contributed by atoms with E-state index < -0.39 is 17.4 Å². The van der Waals surface area contributed by atoms with Crippen LogP contribution in [-0.4, -0.2) is 20.5 Å². The van der Waals surface area contributed by atoms with Gasteiger partial charge in [-0.1, -0.05) is 66.7 Å². The van der Waals surface area contributed by atoms with E-state index in [9.17, 15) is 9.59 Å². The van der Waals surface area contributed by atoms with Gasteiger partial charge in [0.25, 0.3) is 5.56 Å². The molecule has 4 aromatic carbocycles. The Balaban J connectivity index is 1.66. The van der Waals surface area contributed by atoms with E-state index in [2.05, 4.69) is 5.32 Å². The average molecular weight is 507 g/mol. The van der Waals surface area contributed by atoms with Crippen molar-refractivity contribution in [2.24, 2.45) is 0 Å². The summed E-state index contributed by atoms with van der Waals surface area (Å²) < 4.78 is 16.3. The van der Waals surface area contributed by atoms with Gasteiger partial charge >= 0.3 is 6.03 Å². The highest BCUT2D eigenvalue weighted by Crippen LogP contribution is 2.26. The van der Waals surface area contributed by atoms with Crippen LogP contribution in [0.5, 0.6) is 0 Å². The number of hydrogen-bond donors (Lipinski definition) is 1. The first-order chi connectivity index (χ1) is 18.4. The molecule has 1 unspecified atom stereocenters. The highest BCUT2D eigenvalue weighted by atomic mass is 19.1. The molecule has 5 aromatic rings. The highest BCUT2D eigenvalue weighted by Gasteiger charge is 2.28. The minimum Gasteiger partial charge on any atom is -0.310 e. The number of aryl methyl sites for hydroxylation is 1. The van der Waals surface area contributed by atoms with Crippen molar-refractivity contribution in [3.05, 3.63) is 136 Å². The second-order valence-corrected chi connectivity index (χ2v) is 9.17. The van der Waals surface area contributed by atoms with Gasteiger partial charge in [0.2, 0.25) is 0 Å². The Morgan fingerprint density at radius 1 is 0.947 bits per heavy atom. The minimum atomic E-state index is -0.697. The van der Waals surface area contributed by atoms with Gasteiger partial charge in [-0.15, -0.1) is 0 Å². The second-order valence-electron chi connectivity index (χ2n) is 9.17. The molecule has 0 aliphatic heterocycles. The van der Waals surface area contributed by atoms with Crippen LogP contribution in [0.25, 0.3) is 16.6 Å². The molecule has 7 heteroatoms. The number of fused-ring (bicyclic) bond motifs is 1. The largest absolute Gasteiger partial charge is 0.322 e. The zero-order valence-electron chi connectivity index (χ0n) is 21.1. The number of anilines is 1. The molecule has 0 saturated heterocycles. The standard InChI is InChI=1S/C31H27FN4O2/c1-21-11-10-14-24(19-21)33-31(38)35(20-23-12-4-3-5-13-23)22(2)29-34-27-17-8-6-15-25(27)30(37)36(29)28-18-9-7-16-26(28)32/h3-19,22H,20H2,1-2H3,(H,33,38). The fraction of sp³-hybridized carbons (Fsp3) is 0.129. The number of rotatable bonds is 6. The van der Waals surface area contributed by atoms with E-state index in [0.29, 0.717) is 16.6 Å². The number of urea groups is 1. The third-order valence-corrected chi connectivity index (χ3v) is 6.46. The van der Waals surface area contributed by atoms with Crippen molar-refractivity contribution < 1.29 is 9.18 Å². The van der Waals surface area contributed by atoms with Crippen LogP contribution in [0.3, 0.4) is 0 Å². The van der Waals surface area contributed by atoms with E-state index >= 15 is 4.39 Å². The molecule has 1 N–H and O–H groups in total. The third-order valence-electron chi connectivity index (χ3n) is 6.46. The number of nitrogens with zero attached hydrogens (tertiary/aromatic N) is 3. The van der Waals surface area contributed by atoms with Crippen LogP contribution in [0.15, 0.2) is 108 Å². The molecule has 1 aromatic heterocycles. The molecular formula is C31H27FN4O2. The van der Waals surface area contributed by atoms with Gasteiger partial charge in [0.05, 0.1) is 22.6 Å². The molecule has 1 heterocycles. The molecule has 1 atom stereocenters. The number of carbonyl (C=O) groups excluding carboxylic acids is 1. The Kier molecular flexibility index (Phi) is 7.00. The zero-order valence-corrected chi connectivity index (χ0v) is 21.1. The van der Waals surface area contributed by atoms with Gasteiger partial charge < -0.3 is 10.2 Å². The number of benzene rings is 4. The van der Waals surface area contributed by atoms with Gasteiger partial charge in [0, 0.05) is 12.2 Å². The topological polar surface area (TPSA) is 67.2 Å². The maximum absolute atomic E-state index is 15.1. The SMILES string of the molecule is Cc1cccc(NC(=O)N(Cc2ccccc2)C(C)c2nc3ccccc3c(=O)n2-c2ccccc2F)c1. The molecule has 0 fully saturated rings. The summed E-state index contributed by atoms with van der Waals surface area (Å²) >= 11 is 0. The number of carbonyl (C=O) groups is 1. The summed E-state index contributed by atoms with van der Waals surface area (Å²) in [4.78, 5) is 33.9. The van der Waals surface area contributed by atoms with Gasteiger partial charge in [0.1, 0.15) is 11.6 Å². The van der Waals surface area contributed by atoms with Crippen molar-refractivity contribution in [3.63, 3.8) is 0 Å². The quantitative estimate of drug-likeness (QED) is 0.281. The Morgan fingerprint density at radius 2 is 1.66 bits per heavy atom. The molecule has 2 amide bonds. The maximum Gasteiger partial charge on any atom is 0.322 e. The van der Waals surface area contributed by atoms with Crippen LogP contribution >= 0.6 is 0 Å².